The molecule has 1 saturated carbocycles. The molecule has 0 spiro atoms. The Bertz CT molecular complexity index is 515. The molecule has 2 rings (SSSR count). The first-order valence-corrected chi connectivity index (χ1v) is 6.35. The summed E-state index contributed by atoms with van der Waals surface area (Å²) in [6.07, 6.45) is 3.22. The fourth-order valence-electron chi connectivity index (χ4n) is 2.65. The lowest BCUT2D eigenvalue weighted by molar-refractivity contribution is 0.464. The normalized spacial score (nSPS) is 22.7. The number of nitrogens with zero attached hydrogens (tertiary/aromatic N) is 3. The molecule has 0 bridgehead atoms. The number of hydrogen-bond donors (Lipinski definition) is 1. The lowest BCUT2D eigenvalue weighted by Gasteiger charge is -2.15. The van der Waals surface area contributed by atoms with E-state index in [1.165, 1.54) is 0 Å². The van der Waals surface area contributed by atoms with Crippen LogP contribution in [0.2, 0.25) is 0 Å². The first kappa shape index (κ1) is 12.7. The van der Waals surface area contributed by atoms with Crippen LogP contribution in [0.15, 0.2) is 6.07 Å². The first-order chi connectivity index (χ1) is 8.67. The number of nitriles is 2. The third kappa shape index (κ3) is 2.25. The average molecular weight is 242 g/mol. The Labute approximate surface area is 108 Å². The second kappa shape index (κ2) is 5.25. The van der Waals surface area contributed by atoms with E-state index >= 15 is 0 Å². The Morgan fingerprint density at radius 1 is 1.44 bits per heavy atom. The van der Waals surface area contributed by atoms with E-state index in [-0.39, 0.29) is 5.92 Å². The second-order valence-electron chi connectivity index (χ2n) is 4.96. The van der Waals surface area contributed by atoms with E-state index in [4.69, 9.17) is 10.5 Å². The van der Waals surface area contributed by atoms with Crippen LogP contribution in [0.1, 0.15) is 36.2 Å². The van der Waals surface area contributed by atoms with Gasteiger partial charge in [0.05, 0.1) is 12.0 Å². The molecule has 1 heterocycles. The lowest BCUT2D eigenvalue weighted by atomic mass is 10.1. The van der Waals surface area contributed by atoms with Crippen LogP contribution < -0.4 is 5.32 Å². The van der Waals surface area contributed by atoms with Gasteiger partial charge in [0.2, 0.25) is 0 Å². The molecular formula is C14H18N4. The Kier molecular flexibility index (Phi) is 3.69. The van der Waals surface area contributed by atoms with Gasteiger partial charge in [0.1, 0.15) is 11.8 Å². The molecule has 2 unspecified atom stereocenters. The number of rotatable bonds is 3. The van der Waals surface area contributed by atoms with Crippen LogP contribution in [0.4, 0.5) is 0 Å². The summed E-state index contributed by atoms with van der Waals surface area (Å²) in [5.74, 6) is 0.143. The molecule has 2 atom stereocenters. The minimum atomic E-state index is 0.143. The van der Waals surface area contributed by atoms with E-state index in [0.29, 0.717) is 11.7 Å². The van der Waals surface area contributed by atoms with E-state index in [9.17, 15) is 0 Å². The Hall–Kier alpha value is -1.78. The largest absolute Gasteiger partial charge is 0.340 e. The van der Waals surface area contributed by atoms with E-state index in [1.54, 1.807) is 0 Å². The van der Waals surface area contributed by atoms with Gasteiger partial charge in [-0.05, 0) is 31.4 Å². The molecule has 1 fully saturated rings. The summed E-state index contributed by atoms with van der Waals surface area (Å²) >= 11 is 0. The summed E-state index contributed by atoms with van der Waals surface area (Å²) in [5.41, 5.74) is 2.95. The number of hydrogen-bond acceptors (Lipinski definition) is 3. The monoisotopic (exact) mass is 242 g/mol. The van der Waals surface area contributed by atoms with Crippen LogP contribution in [0.25, 0.3) is 0 Å². The van der Waals surface area contributed by atoms with Gasteiger partial charge in [0, 0.05) is 25.3 Å². The Morgan fingerprint density at radius 3 is 2.83 bits per heavy atom. The smallest absolute Gasteiger partial charge is 0.120 e. The van der Waals surface area contributed by atoms with Crippen molar-refractivity contribution in [1.82, 2.24) is 9.88 Å². The maximum Gasteiger partial charge on any atom is 0.120 e. The molecule has 0 amide bonds. The third-order valence-electron chi connectivity index (χ3n) is 3.99. The summed E-state index contributed by atoms with van der Waals surface area (Å²) in [4.78, 5) is 0. The molecule has 0 aromatic carbocycles. The Balaban J connectivity index is 2.03. The zero-order chi connectivity index (χ0) is 13.1. The summed E-state index contributed by atoms with van der Waals surface area (Å²) in [5, 5.41) is 21.5. The van der Waals surface area contributed by atoms with Crippen LogP contribution in [-0.4, -0.2) is 10.6 Å². The predicted molar refractivity (Wildman–Crippen MR) is 68.4 cm³/mol. The molecule has 4 heteroatoms. The van der Waals surface area contributed by atoms with Gasteiger partial charge in [-0.25, -0.2) is 0 Å². The molecule has 94 valence electrons. The molecular weight excluding hydrogens is 224 g/mol. The minimum absolute atomic E-state index is 0.143. The molecule has 1 aromatic rings. The van der Waals surface area contributed by atoms with E-state index in [1.807, 2.05) is 24.6 Å². The third-order valence-corrected chi connectivity index (χ3v) is 3.99. The van der Waals surface area contributed by atoms with Crippen molar-refractivity contribution in [2.45, 2.75) is 38.8 Å². The fourth-order valence-corrected chi connectivity index (χ4v) is 2.65. The molecule has 1 aromatic heterocycles. The fraction of sp³-hybridized carbons (Fsp3) is 0.571. The summed E-state index contributed by atoms with van der Waals surface area (Å²) in [6.45, 7) is 2.76. The molecule has 0 saturated heterocycles. The molecule has 18 heavy (non-hydrogen) atoms. The van der Waals surface area contributed by atoms with E-state index in [0.717, 1.165) is 37.1 Å². The van der Waals surface area contributed by atoms with Crippen molar-refractivity contribution in [3.63, 3.8) is 0 Å². The number of nitrogens with one attached hydrogen (secondary N) is 1. The van der Waals surface area contributed by atoms with Gasteiger partial charge in [-0.2, -0.15) is 10.5 Å². The van der Waals surface area contributed by atoms with Crippen molar-refractivity contribution in [2.75, 3.05) is 0 Å². The summed E-state index contributed by atoms with van der Waals surface area (Å²) in [7, 11) is 1.91. The van der Waals surface area contributed by atoms with Gasteiger partial charge in [0.15, 0.2) is 0 Å². The molecule has 1 N–H and O–H groups in total. The number of aromatic nitrogens is 1. The highest BCUT2D eigenvalue weighted by atomic mass is 15.0. The summed E-state index contributed by atoms with van der Waals surface area (Å²) in [6, 6.07) is 6.79. The van der Waals surface area contributed by atoms with Crippen LogP contribution in [-0.2, 0) is 13.6 Å². The maximum atomic E-state index is 9.04. The molecule has 1 aliphatic rings. The van der Waals surface area contributed by atoms with Crippen molar-refractivity contribution >= 4 is 0 Å². The second-order valence-corrected chi connectivity index (χ2v) is 4.96. The van der Waals surface area contributed by atoms with Gasteiger partial charge in [-0.3, -0.25) is 0 Å². The average Bonchev–Trinajstić information content (AvgIpc) is 2.94. The van der Waals surface area contributed by atoms with Crippen molar-refractivity contribution in [1.29, 1.82) is 10.5 Å². The first-order valence-electron chi connectivity index (χ1n) is 6.35. The van der Waals surface area contributed by atoms with E-state index in [2.05, 4.69) is 17.5 Å². The highest BCUT2D eigenvalue weighted by molar-refractivity contribution is 5.34. The van der Waals surface area contributed by atoms with Gasteiger partial charge >= 0.3 is 0 Å². The molecule has 0 radical (unpaired) electrons. The van der Waals surface area contributed by atoms with Crippen molar-refractivity contribution in [3.05, 3.63) is 23.0 Å². The zero-order valence-electron chi connectivity index (χ0n) is 10.9. The van der Waals surface area contributed by atoms with Gasteiger partial charge < -0.3 is 9.88 Å². The summed E-state index contributed by atoms with van der Waals surface area (Å²) < 4.78 is 1.91. The predicted octanol–water partition coefficient (Wildman–Crippen LogP) is 1.99. The van der Waals surface area contributed by atoms with Gasteiger partial charge in [-0.1, -0.05) is 6.42 Å². The van der Waals surface area contributed by atoms with Gasteiger partial charge in [-0.15, -0.1) is 0 Å². The zero-order valence-corrected chi connectivity index (χ0v) is 10.9. The van der Waals surface area contributed by atoms with Crippen molar-refractivity contribution in [3.8, 4) is 12.1 Å². The topological polar surface area (TPSA) is 64.5 Å². The minimum Gasteiger partial charge on any atom is -0.340 e. The van der Waals surface area contributed by atoms with Crippen LogP contribution in [0.3, 0.4) is 0 Å². The highest BCUT2D eigenvalue weighted by Crippen LogP contribution is 2.25. The molecule has 1 aliphatic carbocycles. The van der Waals surface area contributed by atoms with Crippen molar-refractivity contribution in [2.24, 2.45) is 13.0 Å². The SMILES string of the molecule is Cc1c(CNC2CCCC2C#N)cc(C#N)n1C. The molecule has 4 nitrogen and oxygen atoms in total. The highest BCUT2D eigenvalue weighted by Gasteiger charge is 2.26. The Morgan fingerprint density at radius 2 is 2.22 bits per heavy atom. The quantitative estimate of drug-likeness (QED) is 0.881. The van der Waals surface area contributed by atoms with Crippen LogP contribution >= 0.6 is 0 Å². The van der Waals surface area contributed by atoms with Gasteiger partial charge in [0.25, 0.3) is 0 Å². The van der Waals surface area contributed by atoms with E-state index < -0.39 is 0 Å². The standard InChI is InChI=1S/C14H18N4/c1-10-12(6-13(8-16)18(10)2)9-17-14-5-3-4-11(14)7-15/h6,11,14,17H,3-5,9H2,1-2H3. The lowest BCUT2D eigenvalue weighted by Crippen LogP contribution is -2.31. The maximum absolute atomic E-state index is 9.04. The molecule has 0 aliphatic heterocycles. The van der Waals surface area contributed by atoms with Crippen LogP contribution in [0.5, 0.6) is 0 Å². The van der Waals surface area contributed by atoms with Crippen molar-refractivity contribution < 1.29 is 0 Å². The van der Waals surface area contributed by atoms with Crippen LogP contribution in [0, 0.1) is 35.5 Å².